The minimum atomic E-state index is -1.12. The van der Waals surface area contributed by atoms with Gasteiger partial charge in [0.05, 0.1) is 0 Å². The van der Waals surface area contributed by atoms with Gasteiger partial charge < -0.3 is 0 Å². The minimum Gasteiger partial charge on any atom is -0.298 e. The second-order valence-electron chi connectivity index (χ2n) is 4.73. The molecule has 1 aromatic heterocycles. The highest BCUT2D eigenvalue weighted by atomic mass is 16.2. The number of hydrogen-bond donors (Lipinski definition) is 0. The van der Waals surface area contributed by atoms with E-state index in [-0.39, 0.29) is 17.3 Å². The Balaban J connectivity index is 2.31. The molecule has 1 heterocycles. The molecule has 0 N–H and O–H groups in total. The number of ketones is 3. The van der Waals surface area contributed by atoms with Crippen molar-refractivity contribution in [3.8, 4) is 0 Å². The molecule has 0 radical (unpaired) electrons. The van der Waals surface area contributed by atoms with Crippen LogP contribution < -0.4 is 0 Å². The van der Waals surface area contributed by atoms with Gasteiger partial charge in [0, 0.05) is 25.6 Å². The van der Waals surface area contributed by atoms with Gasteiger partial charge in [-0.05, 0) is 25.8 Å². The monoisotopic (exact) mass is 248 g/mol. The topological polar surface area (TPSA) is 69.0 Å². The van der Waals surface area contributed by atoms with Crippen molar-refractivity contribution < 1.29 is 14.4 Å². The van der Waals surface area contributed by atoms with Crippen LogP contribution >= 0.6 is 0 Å². The van der Waals surface area contributed by atoms with Crippen molar-refractivity contribution in [2.75, 3.05) is 0 Å². The summed E-state index contributed by atoms with van der Waals surface area (Å²) in [5, 5.41) is 4.05. The van der Waals surface area contributed by atoms with Crippen molar-refractivity contribution in [2.24, 2.45) is 13.0 Å². The van der Waals surface area contributed by atoms with Gasteiger partial charge in [-0.1, -0.05) is 0 Å². The molecule has 0 aliphatic heterocycles. The molecule has 0 atom stereocenters. The molecule has 0 unspecified atom stereocenters. The largest absolute Gasteiger partial charge is 0.298 e. The van der Waals surface area contributed by atoms with Gasteiger partial charge in [-0.25, -0.2) is 0 Å². The van der Waals surface area contributed by atoms with Crippen molar-refractivity contribution in [1.82, 2.24) is 9.78 Å². The number of aromatic nitrogens is 2. The number of nitrogens with zero attached hydrogens (tertiary/aromatic N) is 2. The van der Waals surface area contributed by atoms with Crippen LogP contribution in [0.5, 0.6) is 0 Å². The standard InChI is InChI=1S/C13H16N2O3/c1-8-7-9(14-15(8)2)13(18)12-10(16)5-3-4-6-11(12)17/h7,12H,3-6H2,1-2H3. The lowest BCUT2D eigenvalue weighted by atomic mass is 9.91. The highest BCUT2D eigenvalue weighted by Gasteiger charge is 2.36. The van der Waals surface area contributed by atoms with E-state index in [9.17, 15) is 14.4 Å². The van der Waals surface area contributed by atoms with E-state index in [1.807, 2.05) is 6.92 Å². The summed E-state index contributed by atoms with van der Waals surface area (Å²) < 4.78 is 1.57. The molecule has 1 saturated carbocycles. The zero-order valence-corrected chi connectivity index (χ0v) is 10.6. The Labute approximate surface area is 105 Å². The Morgan fingerprint density at radius 2 is 1.83 bits per heavy atom. The molecule has 0 amide bonds. The van der Waals surface area contributed by atoms with Crippen LogP contribution in [-0.4, -0.2) is 27.1 Å². The molecule has 2 rings (SSSR count). The van der Waals surface area contributed by atoms with E-state index >= 15 is 0 Å². The lowest BCUT2D eigenvalue weighted by Gasteiger charge is -2.08. The second kappa shape index (κ2) is 4.84. The fraction of sp³-hybridized carbons (Fsp3) is 0.538. The Morgan fingerprint density at radius 3 is 2.28 bits per heavy atom. The minimum absolute atomic E-state index is 0.212. The van der Waals surface area contributed by atoms with Gasteiger partial charge in [0.1, 0.15) is 11.6 Å². The van der Waals surface area contributed by atoms with E-state index < -0.39 is 11.7 Å². The summed E-state index contributed by atoms with van der Waals surface area (Å²) in [7, 11) is 1.73. The van der Waals surface area contributed by atoms with Crippen LogP contribution in [0.4, 0.5) is 0 Å². The van der Waals surface area contributed by atoms with E-state index in [2.05, 4.69) is 5.10 Å². The van der Waals surface area contributed by atoms with E-state index in [1.165, 1.54) is 0 Å². The number of carbonyl (C=O) groups is 3. The summed E-state index contributed by atoms with van der Waals surface area (Å²) in [4.78, 5) is 35.9. The Hall–Kier alpha value is -1.78. The Bertz CT molecular complexity index is 479. The Kier molecular flexibility index (Phi) is 3.41. The van der Waals surface area contributed by atoms with Crippen LogP contribution in [0.3, 0.4) is 0 Å². The average molecular weight is 248 g/mol. The molecule has 1 aromatic rings. The molecule has 5 nitrogen and oxygen atoms in total. The molecule has 96 valence electrons. The third kappa shape index (κ3) is 2.25. The van der Waals surface area contributed by atoms with Gasteiger partial charge in [0.15, 0.2) is 11.6 Å². The van der Waals surface area contributed by atoms with Crippen molar-refractivity contribution >= 4 is 17.3 Å². The first-order valence-corrected chi connectivity index (χ1v) is 6.11. The summed E-state index contributed by atoms with van der Waals surface area (Å²) in [5.74, 6) is -2.09. The molecular formula is C13H16N2O3. The molecule has 1 aliphatic rings. The van der Waals surface area contributed by atoms with E-state index in [1.54, 1.807) is 17.8 Å². The van der Waals surface area contributed by atoms with Crippen LogP contribution in [0.15, 0.2) is 6.07 Å². The molecule has 0 saturated heterocycles. The van der Waals surface area contributed by atoms with Gasteiger partial charge in [0.25, 0.3) is 0 Å². The highest BCUT2D eigenvalue weighted by Crippen LogP contribution is 2.21. The van der Waals surface area contributed by atoms with E-state index in [0.29, 0.717) is 25.7 Å². The summed E-state index contributed by atoms with van der Waals surface area (Å²) in [6.07, 6.45) is 2.01. The zero-order chi connectivity index (χ0) is 13.3. The first-order valence-electron chi connectivity index (χ1n) is 6.11. The first kappa shape index (κ1) is 12.7. The van der Waals surface area contributed by atoms with Crippen molar-refractivity contribution in [3.63, 3.8) is 0 Å². The molecule has 1 fully saturated rings. The molecule has 1 aliphatic carbocycles. The highest BCUT2D eigenvalue weighted by molar-refractivity contribution is 6.23. The van der Waals surface area contributed by atoms with Crippen molar-refractivity contribution in [1.29, 1.82) is 0 Å². The first-order chi connectivity index (χ1) is 8.50. The van der Waals surface area contributed by atoms with Gasteiger partial charge in [0.2, 0.25) is 5.78 Å². The van der Waals surface area contributed by atoms with Gasteiger partial charge >= 0.3 is 0 Å². The Morgan fingerprint density at radius 1 is 1.28 bits per heavy atom. The van der Waals surface area contributed by atoms with Gasteiger partial charge in [-0.2, -0.15) is 5.10 Å². The van der Waals surface area contributed by atoms with Crippen molar-refractivity contribution in [2.45, 2.75) is 32.6 Å². The summed E-state index contributed by atoms with van der Waals surface area (Å²) in [6, 6.07) is 1.62. The van der Waals surface area contributed by atoms with Crippen molar-refractivity contribution in [3.05, 3.63) is 17.5 Å². The third-order valence-electron chi connectivity index (χ3n) is 3.37. The summed E-state index contributed by atoms with van der Waals surface area (Å²) in [6.45, 7) is 1.82. The van der Waals surface area contributed by atoms with Crippen LogP contribution in [0.25, 0.3) is 0 Å². The van der Waals surface area contributed by atoms with Crippen LogP contribution in [0.1, 0.15) is 41.9 Å². The molecule has 0 spiro atoms. The predicted octanol–water partition coefficient (Wildman–Crippen LogP) is 1.24. The van der Waals surface area contributed by atoms with Gasteiger partial charge in [-0.3, -0.25) is 19.1 Å². The van der Waals surface area contributed by atoms with Crippen LogP contribution in [0, 0.1) is 12.8 Å². The molecule has 0 bridgehead atoms. The third-order valence-corrected chi connectivity index (χ3v) is 3.37. The number of aryl methyl sites for hydroxylation is 2. The SMILES string of the molecule is Cc1cc(C(=O)C2C(=O)CCCCC2=O)nn1C. The van der Waals surface area contributed by atoms with E-state index in [0.717, 1.165) is 5.69 Å². The maximum Gasteiger partial charge on any atom is 0.200 e. The quantitative estimate of drug-likeness (QED) is 0.448. The number of hydrogen-bond acceptors (Lipinski definition) is 4. The fourth-order valence-electron chi connectivity index (χ4n) is 2.19. The number of Topliss-reactive ketones (excluding diaryl/α,β-unsaturated/α-hetero) is 3. The number of rotatable bonds is 2. The smallest absolute Gasteiger partial charge is 0.200 e. The normalized spacial score (nSPS) is 17.9. The average Bonchev–Trinajstić information content (AvgIpc) is 2.55. The zero-order valence-electron chi connectivity index (χ0n) is 10.6. The fourth-order valence-corrected chi connectivity index (χ4v) is 2.19. The maximum absolute atomic E-state index is 12.2. The summed E-state index contributed by atoms with van der Waals surface area (Å²) >= 11 is 0. The number of carbonyl (C=O) groups excluding carboxylic acids is 3. The lowest BCUT2D eigenvalue weighted by Crippen LogP contribution is -2.30. The predicted molar refractivity (Wildman–Crippen MR) is 64.2 cm³/mol. The lowest BCUT2D eigenvalue weighted by molar-refractivity contribution is -0.129. The molecule has 18 heavy (non-hydrogen) atoms. The molecular weight excluding hydrogens is 232 g/mol. The maximum atomic E-state index is 12.2. The molecule has 5 heteroatoms. The summed E-state index contributed by atoms with van der Waals surface area (Å²) in [5.41, 5.74) is 1.04. The van der Waals surface area contributed by atoms with Crippen LogP contribution in [-0.2, 0) is 16.6 Å². The van der Waals surface area contributed by atoms with Crippen LogP contribution in [0.2, 0.25) is 0 Å². The second-order valence-corrected chi connectivity index (χ2v) is 4.73. The molecule has 0 aromatic carbocycles. The van der Waals surface area contributed by atoms with Gasteiger partial charge in [-0.15, -0.1) is 0 Å². The van der Waals surface area contributed by atoms with E-state index in [4.69, 9.17) is 0 Å².